The number of rotatable bonds is 2. The molecule has 0 spiro atoms. The Kier molecular flexibility index (Phi) is 3.55. The minimum absolute atomic E-state index is 0.0929. The van der Waals surface area contributed by atoms with Crippen molar-refractivity contribution in [3.8, 4) is 11.5 Å². The number of hydrogen-bond donors (Lipinski definition) is 3. The summed E-state index contributed by atoms with van der Waals surface area (Å²) in [6.45, 7) is 4.95. The Bertz CT molecular complexity index is 674. The standard InChI is InChI=1S/C16H20O7/c1-6-12(21-4)10-8(14(18)23-15(10)19)9-11(17)7(16(2,3)20)5-22-13(6)9/h7,11,14,17-18,20H,5H2,1-4H3/t7-,11-,14?/m0/s1. The van der Waals surface area contributed by atoms with Crippen molar-refractivity contribution in [2.75, 3.05) is 13.7 Å². The van der Waals surface area contributed by atoms with Gasteiger partial charge in [-0.25, -0.2) is 4.79 Å². The molecule has 7 nitrogen and oxygen atoms in total. The van der Waals surface area contributed by atoms with Crippen LogP contribution in [0.5, 0.6) is 11.5 Å². The van der Waals surface area contributed by atoms with Gasteiger partial charge in [0.05, 0.1) is 31.3 Å². The second-order valence-corrected chi connectivity index (χ2v) is 6.46. The molecular weight excluding hydrogens is 304 g/mol. The quantitative estimate of drug-likeness (QED) is 0.696. The average molecular weight is 324 g/mol. The third kappa shape index (κ3) is 2.19. The Morgan fingerprint density at radius 3 is 2.48 bits per heavy atom. The zero-order valence-corrected chi connectivity index (χ0v) is 13.4. The van der Waals surface area contributed by atoms with E-state index in [2.05, 4.69) is 0 Å². The van der Waals surface area contributed by atoms with Gasteiger partial charge in [-0.1, -0.05) is 0 Å². The number of carbonyl (C=O) groups excluding carboxylic acids is 1. The maximum Gasteiger partial charge on any atom is 0.345 e. The molecule has 2 aliphatic heterocycles. The summed E-state index contributed by atoms with van der Waals surface area (Å²) < 4.78 is 15.9. The van der Waals surface area contributed by atoms with E-state index in [0.717, 1.165) is 0 Å². The summed E-state index contributed by atoms with van der Waals surface area (Å²) in [4.78, 5) is 12.0. The van der Waals surface area contributed by atoms with Gasteiger partial charge in [0.15, 0.2) is 0 Å². The molecule has 0 bridgehead atoms. The lowest BCUT2D eigenvalue weighted by Gasteiger charge is -2.39. The van der Waals surface area contributed by atoms with Crippen LogP contribution in [0.3, 0.4) is 0 Å². The van der Waals surface area contributed by atoms with E-state index in [0.29, 0.717) is 11.3 Å². The number of esters is 1. The van der Waals surface area contributed by atoms with Crippen molar-refractivity contribution in [3.05, 3.63) is 22.3 Å². The first-order valence-electron chi connectivity index (χ1n) is 7.35. The fraction of sp³-hybridized carbons (Fsp3) is 0.562. The minimum atomic E-state index is -1.50. The molecule has 1 aromatic carbocycles. The van der Waals surface area contributed by atoms with Gasteiger partial charge >= 0.3 is 5.97 Å². The summed E-state index contributed by atoms with van der Waals surface area (Å²) in [5.74, 6) is -0.720. The highest BCUT2D eigenvalue weighted by Crippen LogP contribution is 2.51. The molecule has 1 aromatic rings. The van der Waals surface area contributed by atoms with Crippen molar-refractivity contribution in [1.82, 2.24) is 0 Å². The largest absolute Gasteiger partial charge is 0.495 e. The van der Waals surface area contributed by atoms with Gasteiger partial charge in [-0.3, -0.25) is 0 Å². The second kappa shape index (κ2) is 5.09. The van der Waals surface area contributed by atoms with Crippen molar-refractivity contribution in [1.29, 1.82) is 0 Å². The van der Waals surface area contributed by atoms with E-state index in [1.165, 1.54) is 7.11 Å². The Morgan fingerprint density at radius 1 is 1.26 bits per heavy atom. The maximum atomic E-state index is 12.0. The molecule has 0 saturated carbocycles. The third-order valence-electron chi connectivity index (χ3n) is 4.58. The molecule has 0 aliphatic carbocycles. The van der Waals surface area contributed by atoms with Gasteiger partial charge in [-0.2, -0.15) is 0 Å². The van der Waals surface area contributed by atoms with E-state index in [9.17, 15) is 20.1 Å². The number of ether oxygens (including phenoxy) is 3. The molecule has 126 valence electrons. The number of methoxy groups -OCH3 is 1. The molecule has 0 amide bonds. The van der Waals surface area contributed by atoms with Gasteiger partial charge in [-0.05, 0) is 20.8 Å². The molecular formula is C16H20O7. The van der Waals surface area contributed by atoms with Gasteiger partial charge in [0.25, 0.3) is 0 Å². The van der Waals surface area contributed by atoms with E-state index in [4.69, 9.17) is 14.2 Å². The van der Waals surface area contributed by atoms with Gasteiger partial charge in [0, 0.05) is 16.7 Å². The van der Waals surface area contributed by atoms with Crippen LogP contribution in [0.1, 0.15) is 53.3 Å². The molecule has 2 heterocycles. The number of benzene rings is 1. The minimum Gasteiger partial charge on any atom is -0.495 e. The molecule has 0 aromatic heterocycles. The van der Waals surface area contributed by atoms with E-state index in [1.54, 1.807) is 20.8 Å². The topological polar surface area (TPSA) is 105 Å². The highest BCUT2D eigenvalue weighted by molar-refractivity contribution is 5.98. The normalized spacial score (nSPS) is 26.2. The average Bonchev–Trinajstić information content (AvgIpc) is 2.73. The van der Waals surface area contributed by atoms with E-state index in [1.807, 2.05) is 0 Å². The van der Waals surface area contributed by atoms with E-state index < -0.39 is 29.9 Å². The van der Waals surface area contributed by atoms with Crippen molar-refractivity contribution in [2.24, 2.45) is 5.92 Å². The number of aliphatic hydroxyl groups excluding tert-OH is 2. The molecule has 3 atom stereocenters. The number of cyclic esters (lactones) is 1. The van der Waals surface area contributed by atoms with Crippen LogP contribution in [0.15, 0.2) is 0 Å². The molecule has 23 heavy (non-hydrogen) atoms. The Labute approximate surface area is 133 Å². The van der Waals surface area contributed by atoms with Crippen LogP contribution in [0.25, 0.3) is 0 Å². The zero-order valence-electron chi connectivity index (χ0n) is 13.4. The fourth-order valence-electron chi connectivity index (χ4n) is 3.34. The van der Waals surface area contributed by atoms with Crippen molar-refractivity contribution >= 4 is 5.97 Å². The highest BCUT2D eigenvalue weighted by Gasteiger charge is 2.47. The smallest absolute Gasteiger partial charge is 0.345 e. The van der Waals surface area contributed by atoms with Crippen LogP contribution in [-0.4, -0.2) is 40.6 Å². The van der Waals surface area contributed by atoms with Crippen LogP contribution in [0.4, 0.5) is 0 Å². The highest BCUT2D eigenvalue weighted by atomic mass is 16.6. The molecule has 2 aliphatic rings. The zero-order chi connectivity index (χ0) is 17.1. The Balaban J connectivity index is 2.28. The SMILES string of the molecule is COc1c(C)c2c(c3c1C(=O)OC3O)[C@@H](O)[C@@H](C(C)(C)O)CO2. The molecule has 3 rings (SSSR count). The fourth-order valence-corrected chi connectivity index (χ4v) is 3.34. The monoisotopic (exact) mass is 324 g/mol. The summed E-state index contributed by atoms with van der Waals surface area (Å²) in [5, 5.41) is 31.1. The van der Waals surface area contributed by atoms with E-state index in [-0.39, 0.29) is 29.0 Å². The Morgan fingerprint density at radius 2 is 1.91 bits per heavy atom. The number of fused-ring (bicyclic) bond motifs is 3. The first kappa shape index (κ1) is 16.0. The summed E-state index contributed by atoms with van der Waals surface area (Å²) in [5.41, 5.74) is -0.147. The molecule has 0 saturated heterocycles. The van der Waals surface area contributed by atoms with Crippen LogP contribution in [-0.2, 0) is 4.74 Å². The first-order chi connectivity index (χ1) is 10.7. The summed E-state index contributed by atoms with van der Waals surface area (Å²) in [6.07, 6.45) is -2.61. The molecule has 3 N–H and O–H groups in total. The van der Waals surface area contributed by atoms with Crippen molar-refractivity contribution in [3.63, 3.8) is 0 Å². The second-order valence-electron chi connectivity index (χ2n) is 6.46. The van der Waals surface area contributed by atoms with E-state index >= 15 is 0 Å². The molecule has 7 heteroatoms. The van der Waals surface area contributed by atoms with Crippen molar-refractivity contribution in [2.45, 2.75) is 38.8 Å². The third-order valence-corrected chi connectivity index (χ3v) is 4.58. The van der Waals surface area contributed by atoms with Gasteiger partial charge in [0.1, 0.15) is 17.1 Å². The molecule has 1 unspecified atom stereocenters. The van der Waals surface area contributed by atoms with Gasteiger partial charge < -0.3 is 29.5 Å². The van der Waals surface area contributed by atoms with Crippen molar-refractivity contribution < 1.29 is 34.3 Å². The predicted octanol–water partition coefficient (Wildman–Crippen LogP) is 0.978. The molecule has 0 fully saturated rings. The lowest BCUT2D eigenvalue weighted by molar-refractivity contribution is -0.0826. The number of hydrogen-bond acceptors (Lipinski definition) is 7. The van der Waals surface area contributed by atoms with Gasteiger partial charge in [-0.15, -0.1) is 0 Å². The number of carbonyl (C=O) groups is 1. The number of aliphatic hydroxyl groups is 3. The van der Waals surface area contributed by atoms with Crippen LogP contribution in [0, 0.1) is 12.8 Å². The summed E-state index contributed by atoms with van der Waals surface area (Å²) in [7, 11) is 1.41. The lowest BCUT2D eigenvalue weighted by atomic mass is 9.79. The maximum absolute atomic E-state index is 12.0. The lowest BCUT2D eigenvalue weighted by Crippen LogP contribution is -2.42. The first-order valence-corrected chi connectivity index (χ1v) is 7.35. The van der Waals surface area contributed by atoms with Gasteiger partial charge in [0.2, 0.25) is 6.29 Å². The molecule has 0 radical (unpaired) electrons. The van der Waals surface area contributed by atoms with Crippen LogP contribution in [0.2, 0.25) is 0 Å². The van der Waals surface area contributed by atoms with Crippen LogP contribution >= 0.6 is 0 Å². The summed E-state index contributed by atoms with van der Waals surface area (Å²) >= 11 is 0. The van der Waals surface area contributed by atoms with Crippen LogP contribution < -0.4 is 9.47 Å². The summed E-state index contributed by atoms with van der Waals surface area (Å²) in [6, 6.07) is 0. The Hall–Kier alpha value is -1.83. The predicted molar refractivity (Wildman–Crippen MR) is 78.3 cm³/mol.